The first-order chi connectivity index (χ1) is 14.0. The van der Waals surface area contributed by atoms with E-state index in [-0.39, 0.29) is 11.0 Å². The summed E-state index contributed by atoms with van der Waals surface area (Å²) in [6, 6.07) is 12.5. The summed E-state index contributed by atoms with van der Waals surface area (Å²) in [5.41, 5.74) is 8.72. The second-order valence-corrected chi connectivity index (χ2v) is 7.26. The van der Waals surface area contributed by atoms with E-state index >= 15 is 0 Å². The number of ether oxygens (including phenoxy) is 1. The van der Waals surface area contributed by atoms with Crippen molar-refractivity contribution in [2.24, 2.45) is 15.7 Å². The van der Waals surface area contributed by atoms with Gasteiger partial charge in [-0.3, -0.25) is 4.90 Å². The van der Waals surface area contributed by atoms with Crippen LogP contribution in [0.2, 0.25) is 5.02 Å². The number of hydrogen-bond acceptors (Lipinski definition) is 7. The molecule has 152 valence electrons. The molecule has 2 aromatic rings. The van der Waals surface area contributed by atoms with E-state index < -0.39 is 12.1 Å². The number of aryl methyl sites for hydroxylation is 1. The Morgan fingerprint density at radius 1 is 1.17 bits per heavy atom. The van der Waals surface area contributed by atoms with E-state index in [1.807, 2.05) is 36.1 Å². The Hall–Kier alpha value is -2.84. The number of guanidine groups is 2. The number of aliphatic imine (C=N–C) groups is 2. The first-order valence-corrected chi connectivity index (χ1v) is 9.71. The van der Waals surface area contributed by atoms with Crippen LogP contribution in [0.5, 0.6) is 0 Å². The van der Waals surface area contributed by atoms with Crippen LogP contribution in [-0.2, 0) is 4.74 Å². The number of nitrogens with one attached hydrogen (secondary N) is 1. The van der Waals surface area contributed by atoms with Crippen molar-refractivity contribution in [2.75, 3.05) is 36.5 Å². The van der Waals surface area contributed by atoms with E-state index in [2.05, 4.69) is 20.2 Å². The molecule has 0 aliphatic carbocycles. The number of nitrogens with two attached hydrogens (primary N) is 1. The highest BCUT2D eigenvalue weighted by Crippen LogP contribution is 2.26. The van der Waals surface area contributed by atoms with E-state index in [4.69, 9.17) is 22.1 Å². The third-order valence-electron chi connectivity index (χ3n) is 4.75. The van der Waals surface area contributed by atoms with Crippen LogP contribution in [0.1, 0.15) is 5.56 Å². The first kappa shape index (κ1) is 19.5. The summed E-state index contributed by atoms with van der Waals surface area (Å²) < 4.78 is 19.0. The molecule has 9 heteroatoms. The Balaban J connectivity index is 1.71. The summed E-state index contributed by atoms with van der Waals surface area (Å²) in [5.74, 6) is 0.380. The average Bonchev–Trinajstić information content (AvgIpc) is 2.72. The molecule has 0 amide bonds. The van der Waals surface area contributed by atoms with Crippen LogP contribution in [0, 0.1) is 12.7 Å². The molecule has 1 atom stereocenters. The van der Waals surface area contributed by atoms with Crippen LogP contribution in [0.4, 0.5) is 15.8 Å². The molecule has 0 radical (unpaired) electrons. The molecule has 1 unspecified atom stereocenters. The van der Waals surface area contributed by atoms with Gasteiger partial charge in [0, 0.05) is 24.5 Å². The number of halogens is 2. The molecule has 2 aliphatic rings. The van der Waals surface area contributed by atoms with Crippen LogP contribution in [0.3, 0.4) is 0 Å². The highest BCUT2D eigenvalue weighted by Gasteiger charge is 2.32. The van der Waals surface area contributed by atoms with Crippen LogP contribution < -0.4 is 16.0 Å². The molecule has 29 heavy (non-hydrogen) atoms. The van der Waals surface area contributed by atoms with Crippen molar-refractivity contribution in [3.8, 4) is 0 Å². The van der Waals surface area contributed by atoms with Gasteiger partial charge in [0.15, 0.2) is 0 Å². The van der Waals surface area contributed by atoms with Crippen molar-refractivity contribution >= 4 is 34.9 Å². The fraction of sp³-hybridized carbons (Fsp3) is 0.300. The zero-order valence-electron chi connectivity index (χ0n) is 16.0. The van der Waals surface area contributed by atoms with Gasteiger partial charge in [-0.1, -0.05) is 29.3 Å². The van der Waals surface area contributed by atoms with E-state index in [0.29, 0.717) is 38.0 Å². The molecule has 2 aromatic carbocycles. The van der Waals surface area contributed by atoms with Crippen molar-refractivity contribution in [2.45, 2.75) is 13.2 Å². The Labute approximate surface area is 173 Å². The van der Waals surface area contributed by atoms with Crippen LogP contribution >= 0.6 is 11.6 Å². The molecule has 0 saturated carbocycles. The fourth-order valence-corrected chi connectivity index (χ4v) is 3.44. The lowest BCUT2D eigenvalue weighted by atomic mass is 10.2. The number of benzene rings is 2. The normalized spacial score (nSPS) is 19.6. The standard InChI is InChI=1S/C20H22ClFN6O/c1-13-2-5-15(6-3-13)28-19(24-14-4-7-17(22)16(21)12-14)25-18(23)26-20(28)27-8-10-29-11-9-27/h2-7,12,19,24H,8-11H2,1H3,(H2,23,25). The van der Waals surface area contributed by atoms with Gasteiger partial charge in [0.05, 0.1) is 18.2 Å². The molecule has 4 rings (SSSR count). The fourth-order valence-electron chi connectivity index (χ4n) is 3.26. The lowest BCUT2D eigenvalue weighted by Crippen LogP contribution is -2.57. The predicted octanol–water partition coefficient (Wildman–Crippen LogP) is 3.01. The Bertz CT molecular complexity index is 942. The zero-order valence-corrected chi connectivity index (χ0v) is 16.7. The second-order valence-electron chi connectivity index (χ2n) is 6.85. The van der Waals surface area contributed by atoms with Gasteiger partial charge in [0.2, 0.25) is 18.2 Å². The van der Waals surface area contributed by atoms with E-state index in [9.17, 15) is 4.39 Å². The molecule has 2 heterocycles. The topological polar surface area (TPSA) is 78.5 Å². The molecule has 0 bridgehead atoms. The van der Waals surface area contributed by atoms with Gasteiger partial charge in [0.1, 0.15) is 5.82 Å². The Morgan fingerprint density at radius 2 is 1.90 bits per heavy atom. The van der Waals surface area contributed by atoms with Gasteiger partial charge < -0.3 is 20.7 Å². The summed E-state index contributed by atoms with van der Waals surface area (Å²) in [6.45, 7) is 4.66. The maximum Gasteiger partial charge on any atom is 0.222 e. The van der Waals surface area contributed by atoms with E-state index in [1.54, 1.807) is 6.07 Å². The summed E-state index contributed by atoms with van der Waals surface area (Å²) in [6.07, 6.45) is -0.574. The summed E-state index contributed by atoms with van der Waals surface area (Å²) in [7, 11) is 0. The Kier molecular flexibility index (Phi) is 5.55. The van der Waals surface area contributed by atoms with Crippen LogP contribution in [0.15, 0.2) is 52.4 Å². The van der Waals surface area contributed by atoms with Gasteiger partial charge in [0.25, 0.3) is 0 Å². The largest absolute Gasteiger partial charge is 0.378 e. The average molecular weight is 417 g/mol. The van der Waals surface area contributed by atoms with Crippen molar-refractivity contribution in [3.05, 3.63) is 58.9 Å². The lowest BCUT2D eigenvalue weighted by molar-refractivity contribution is 0.0671. The molecule has 1 fully saturated rings. The molecule has 7 nitrogen and oxygen atoms in total. The van der Waals surface area contributed by atoms with Gasteiger partial charge in [-0.15, -0.1) is 0 Å². The quantitative estimate of drug-likeness (QED) is 0.804. The third-order valence-corrected chi connectivity index (χ3v) is 5.04. The zero-order chi connectivity index (χ0) is 20.4. The summed E-state index contributed by atoms with van der Waals surface area (Å²) >= 11 is 5.95. The van der Waals surface area contributed by atoms with Gasteiger partial charge in [-0.25, -0.2) is 9.38 Å². The number of anilines is 2. The smallest absolute Gasteiger partial charge is 0.222 e. The molecular formula is C20H22ClFN6O. The molecule has 3 N–H and O–H groups in total. The van der Waals surface area contributed by atoms with E-state index in [1.165, 1.54) is 12.1 Å². The SMILES string of the molecule is Cc1ccc(N2C(N3CCOCC3)=NC(N)=NC2Nc2ccc(F)c(Cl)c2)cc1. The minimum absolute atomic E-state index is 0.0340. The summed E-state index contributed by atoms with van der Waals surface area (Å²) in [5, 5.41) is 3.31. The van der Waals surface area contributed by atoms with Crippen molar-refractivity contribution in [1.82, 2.24) is 4.90 Å². The van der Waals surface area contributed by atoms with Crippen LogP contribution in [0.25, 0.3) is 0 Å². The maximum absolute atomic E-state index is 13.6. The highest BCUT2D eigenvalue weighted by atomic mass is 35.5. The molecular weight excluding hydrogens is 395 g/mol. The van der Waals surface area contributed by atoms with Crippen molar-refractivity contribution in [3.63, 3.8) is 0 Å². The van der Waals surface area contributed by atoms with Crippen LogP contribution in [-0.4, -0.2) is 49.4 Å². The predicted molar refractivity (Wildman–Crippen MR) is 114 cm³/mol. The minimum atomic E-state index is -0.574. The minimum Gasteiger partial charge on any atom is -0.378 e. The van der Waals surface area contributed by atoms with Crippen molar-refractivity contribution in [1.29, 1.82) is 0 Å². The van der Waals surface area contributed by atoms with Gasteiger partial charge >= 0.3 is 0 Å². The number of hydrogen-bond donors (Lipinski definition) is 2. The second kappa shape index (κ2) is 8.26. The Morgan fingerprint density at radius 3 is 2.59 bits per heavy atom. The number of morpholine rings is 1. The van der Waals surface area contributed by atoms with Crippen molar-refractivity contribution < 1.29 is 9.13 Å². The maximum atomic E-state index is 13.6. The molecule has 2 aliphatic heterocycles. The van der Waals surface area contributed by atoms with Gasteiger partial charge in [-0.2, -0.15) is 4.99 Å². The lowest BCUT2D eigenvalue weighted by Gasteiger charge is -2.41. The third kappa shape index (κ3) is 4.28. The molecule has 0 aromatic heterocycles. The first-order valence-electron chi connectivity index (χ1n) is 9.33. The van der Waals surface area contributed by atoms with Gasteiger partial charge in [-0.05, 0) is 37.3 Å². The number of nitrogens with zero attached hydrogens (tertiary/aromatic N) is 4. The molecule has 0 spiro atoms. The van der Waals surface area contributed by atoms with E-state index in [0.717, 1.165) is 11.3 Å². The highest BCUT2D eigenvalue weighted by molar-refractivity contribution is 6.31. The molecule has 1 saturated heterocycles. The monoisotopic (exact) mass is 416 g/mol. The summed E-state index contributed by atoms with van der Waals surface area (Å²) in [4.78, 5) is 13.1. The number of rotatable bonds is 3.